The van der Waals surface area contributed by atoms with Gasteiger partial charge in [0.15, 0.2) is 11.4 Å². The Kier molecular flexibility index (Phi) is 8.63. The van der Waals surface area contributed by atoms with E-state index < -0.39 is 18.0 Å². The molecule has 38 heavy (non-hydrogen) atoms. The second-order valence-electron chi connectivity index (χ2n) is 8.49. The van der Waals surface area contributed by atoms with Gasteiger partial charge in [0.05, 0.1) is 35.1 Å². The van der Waals surface area contributed by atoms with E-state index in [-0.39, 0.29) is 25.4 Å². The van der Waals surface area contributed by atoms with E-state index in [2.05, 4.69) is 20.9 Å². The van der Waals surface area contributed by atoms with Gasteiger partial charge in [-0.1, -0.05) is 57.1 Å². The molecule has 0 unspecified atom stereocenters. The minimum absolute atomic E-state index is 0.206. The second kappa shape index (κ2) is 11.9. The Morgan fingerprint density at radius 1 is 1.08 bits per heavy atom. The lowest BCUT2D eigenvalue weighted by Crippen LogP contribution is -2.39. The lowest BCUT2D eigenvalue weighted by molar-refractivity contribution is -0.145. The number of benzene rings is 2. The molecule has 0 saturated carbocycles. The normalized spacial score (nSPS) is 15.1. The number of rotatable bonds is 8. The highest BCUT2D eigenvalue weighted by Gasteiger charge is 2.33. The quantitative estimate of drug-likeness (QED) is 0.366. The summed E-state index contributed by atoms with van der Waals surface area (Å²) in [5, 5.41) is 0. The van der Waals surface area contributed by atoms with Gasteiger partial charge >= 0.3 is 11.9 Å². The van der Waals surface area contributed by atoms with E-state index >= 15 is 0 Å². The summed E-state index contributed by atoms with van der Waals surface area (Å²) >= 11 is 4.67. The minimum atomic E-state index is -0.685. The molecule has 2 aromatic carbocycles. The van der Waals surface area contributed by atoms with Gasteiger partial charge in [0.25, 0.3) is 5.56 Å². The number of hydrogen-bond donors (Lipinski definition) is 0. The molecule has 4 rings (SSSR count). The molecule has 3 aromatic rings. The SMILES string of the molecule is CCOC(=O)COc1ccc(Br)cc1/C=c1\sc2n(c1=O)[C@H](c1ccc(C)cc1)C(C(=O)OCC)=C(C)N=2. The molecule has 0 bridgehead atoms. The third kappa shape index (κ3) is 5.81. The number of esters is 2. The Balaban J connectivity index is 1.86. The Hall–Kier alpha value is -3.50. The van der Waals surface area contributed by atoms with Gasteiger partial charge in [-0.15, -0.1) is 0 Å². The number of carbonyl (C=O) groups excluding carboxylic acids is 2. The van der Waals surface area contributed by atoms with E-state index in [0.29, 0.717) is 31.9 Å². The van der Waals surface area contributed by atoms with Crippen molar-refractivity contribution in [2.45, 2.75) is 33.7 Å². The van der Waals surface area contributed by atoms with E-state index in [9.17, 15) is 14.4 Å². The standard InChI is InChI=1S/C28H27BrN2O6S/c1-5-35-23(32)15-37-21-12-11-20(29)13-19(21)14-22-26(33)31-25(18-9-7-16(3)8-10-18)24(27(34)36-6-2)17(4)30-28(31)38-22/h7-14,25H,5-6,15H2,1-4H3/b22-14-/t25-/m1/s1. The highest BCUT2D eigenvalue weighted by atomic mass is 79.9. The molecule has 0 fully saturated rings. The number of thiazole rings is 1. The zero-order valence-electron chi connectivity index (χ0n) is 21.4. The minimum Gasteiger partial charge on any atom is -0.481 e. The highest BCUT2D eigenvalue weighted by molar-refractivity contribution is 9.10. The first-order valence-corrected chi connectivity index (χ1v) is 13.7. The molecular weight excluding hydrogens is 572 g/mol. The van der Waals surface area contributed by atoms with Gasteiger partial charge in [-0.05, 0) is 57.5 Å². The number of ether oxygens (including phenoxy) is 3. The van der Waals surface area contributed by atoms with Gasteiger partial charge in [-0.2, -0.15) is 0 Å². The monoisotopic (exact) mass is 598 g/mol. The predicted octanol–water partition coefficient (Wildman–Crippen LogP) is 3.81. The van der Waals surface area contributed by atoms with Crippen LogP contribution in [0.4, 0.5) is 0 Å². The third-order valence-electron chi connectivity index (χ3n) is 5.82. The van der Waals surface area contributed by atoms with Crippen LogP contribution in [0, 0.1) is 6.92 Å². The predicted molar refractivity (Wildman–Crippen MR) is 148 cm³/mol. The van der Waals surface area contributed by atoms with E-state index in [1.807, 2.05) is 31.2 Å². The van der Waals surface area contributed by atoms with Crippen LogP contribution in [0.15, 0.2) is 68.0 Å². The van der Waals surface area contributed by atoms with Crippen LogP contribution in [-0.4, -0.2) is 36.3 Å². The van der Waals surface area contributed by atoms with Crippen LogP contribution in [0.2, 0.25) is 0 Å². The van der Waals surface area contributed by atoms with Crippen molar-refractivity contribution in [2.24, 2.45) is 4.99 Å². The lowest BCUT2D eigenvalue weighted by atomic mass is 9.95. The first-order valence-electron chi connectivity index (χ1n) is 12.1. The fourth-order valence-corrected chi connectivity index (χ4v) is 5.52. The Morgan fingerprint density at radius 2 is 1.79 bits per heavy atom. The van der Waals surface area contributed by atoms with Crippen LogP contribution in [0.1, 0.15) is 43.5 Å². The summed E-state index contributed by atoms with van der Waals surface area (Å²) in [4.78, 5) is 43.7. The lowest BCUT2D eigenvalue weighted by Gasteiger charge is -2.24. The van der Waals surface area contributed by atoms with Crippen molar-refractivity contribution in [3.05, 3.63) is 94.6 Å². The van der Waals surface area contributed by atoms with Crippen molar-refractivity contribution < 1.29 is 23.8 Å². The van der Waals surface area contributed by atoms with Crippen molar-refractivity contribution in [1.29, 1.82) is 0 Å². The maximum atomic E-state index is 13.8. The summed E-state index contributed by atoms with van der Waals surface area (Å²) in [5.74, 6) is -0.568. The van der Waals surface area contributed by atoms with Crippen molar-refractivity contribution in [3.8, 4) is 5.75 Å². The van der Waals surface area contributed by atoms with E-state index in [1.54, 1.807) is 45.0 Å². The number of aromatic nitrogens is 1. The summed E-state index contributed by atoms with van der Waals surface area (Å²) < 4.78 is 18.7. The van der Waals surface area contributed by atoms with Gasteiger partial charge < -0.3 is 14.2 Å². The molecule has 0 amide bonds. The molecule has 1 aliphatic rings. The fourth-order valence-electron chi connectivity index (χ4n) is 4.10. The molecular formula is C28H27BrN2O6S. The van der Waals surface area contributed by atoms with Crippen LogP contribution in [-0.2, 0) is 19.1 Å². The van der Waals surface area contributed by atoms with Gasteiger partial charge in [-0.25, -0.2) is 14.6 Å². The first kappa shape index (κ1) is 27.5. The topological polar surface area (TPSA) is 96.2 Å². The van der Waals surface area contributed by atoms with Crippen molar-refractivity contribution in [2.75, 3.05) is 19.8 Å². The van der Waals surface area contributed by atoms with Crippen LogP contribution < -0.4 is 19.6 Å². The average molecular weight is 600 g/mol. The van der Waals surface area contributed by atoms with E-state index in [4.69, 9.17) is 14.2 Å². The van der Waals surface area contributed by atoms with E-state index in [0.717, 1.165) is 15.6 Å². The second-order valence-corrected chi connectivity index (χ2v) is 10.4. The summed E-state index contributed by atoms with van der Waals surface area (Å²) in [5.41, 5.74) is 2.97. The third-order valence-corrected chi connectivity index (χ3v) is 7.30. The molecule has 0 aliphatic carbocycles. The molecule has 1 aliphatic heterocycles. The molecule has 0 radical (unpaired) electrons. The van der Waals surface area contributed by atoms with E-state index in [1.165, 1.54) is 15.9 Å². The van der Waals surface area contributed by atoms with Gasteiger partial charge in [0, 0.05) is 10.0 Å². The maximum Gasteiger partial charge on any atom is 0.344 e. The smallest absolute Gasteiger partial charge is 0.344 e. The molecule has 0 N–H and O–H groups in total. The number of aryl methyl sites for hydroxylation is 1. The number of allylic oxidation sites excluding steroid dienone is 1. The fraction of sp³-hybridized carbons (Fsp3) is 0.286. The first-order chi connectivity index (χ1) is 18.2. The highest BCUT2D eigenvalue weighted by Crippen LogP contribution is 2.31. The summed E-state index contributed by atoms with van der Waals surface area (Å²) in [7, 11) is 0. The van der Waals surface area contributed by atoms with Crippen LogP contribution in [0.25, 0.3) is 6.08 Å². The van der Waals surface area contributed by atoms with Crippen LogP contribution in [0.3, 0.4) is 0 Å². The van der Waals surface area contributed by atoms with Crippen molar-refractivity contribution >= 4 is 45.3 Å². The van der Waals surface area contributed by atoms with Gasteiger partial charge in [-0.3, -0.25) is 9.36 Å². The average Bonchev–Trinajstić information content (AvgIpc) is 3.17. The Labute approximate surface area is 232 Å². The molecule has 198 valence electrons. The number of halogens is 1. The largest absolute Gasteiger partial charge is 0.481 e. The van der Waals surface area contributed by atoms with Crippen molar-refractivity contribution in [3.63, 3.8) is 0 Å². The van der Waals surface area contributed by atoms with Crippen LogP contribution >= 0.6 is 27.3 Å². The molecule has 0 spiro atoms. The zero-order chi connectivity index (χ0) is 27.4. The number of hydrogen-bond acceptors (Lipinski definition) is 8. The summed E-state index contributed by atoms with van der Waals surface area (Å²) in [6.45, 7) is 7.39. The van der Waals surface area contributed by atoms with Crippen LogP contribution in [0.5, 0.6) is 5.75 Å². The number of carbonyl (C=O) groups is 2. The molecule has 1 aromatic heterocycles. The molecule has 1 atom stereocenters. The maximum absolute atomic E-state index is 13.8. The zero-order valence-corrected chi connectivity index (χ0v) is 23.9. The Morgan fingerprint density at radius 3 is 2.47 bits per heavy atom. The molecule has 8 nitrogen and oxygen atoms in total. The Bertz CT molecular complexity index is 1590. The summed E-state index contributed by atoms with van der Waals surface area (Å²) in [6.07, 6.45) is 1.70. The molecule has 10 heteroatoms. The molecule has 2 heterocycles. The van der Waals surface area contributed by atoms with Gasteiger partial charge in [0.1, 0.15) is 5.75 Å². The number of nitrogens with zero attached hydrogens (tertiary/aromatic N) is 2. The summed E-state index contributed by atoms with van der Waals surface area (Å²) in [6, 6.07) is 12.3. The van der Waals surface area contributed by atoms with Crippen molar-refractivity contribution in [1.82, 2.24) is 4.57 Å². The molecule has 0 saturated heterocycles. The van der Waals surface area contributed by atoms with Gasteiger partial charge in [0.2, 0.25) is 0 Å². The number of fused-ring (bicyclic) bond motifs is 1.